The number of esters is 2. The lowest BCUT2D eigenvalue weighted by molar-refractivity contribution is -0.870. The summed E-state index contributed by atoms with van der Waals surface area (Å²) in [5.41, 5.74) is 0. The number of carbonyl (C=O) groups excluding carboxylic acids is 3. The highest BCUT2D eigenvalue weighted by Gasteiger charge is 2.22. The number of hydrogen-bond acceptors (Lipinski definition) is 8. The van der Waals surface area contributed by atoms with Gasteiger partial charge in [0.2, 0.25) is 0 Å². The van der Waals surface area contributed by atoms with E-state index in [4.69, 9.17) is 18.9 Å². The van der Waals surface area contributed by atoms with E-state index >= 15 is 0 Å². The third-order valence-corrected chi connectivity index (χ3v) is 12.5. The lowest BCUT2D eigenvalue weighted by Crippen LogP contribution is -2.44. The Labute approximate surface area is 460 Å². The van der Waals surface area contributed by atoms with Gasteiger partial charge in [-0.15, -0.1) is 0 Å². The number of carboxylic acids is 1. The molecule has 0 N–H and O–H groups in total. The molecule has 0 saturated carbocycles. The molecule has 0 aromatic heterocycles. The van der Waals surface area contributed by atoms with E-state index in [1.807, 2.05) is 21.1 Å². The molecule has 0 aliphatic carbocycles. The van der Waals surface area contributed by atoms with Crippen molar-refractivity contribution >= 4 is 17.9 Å². The molecule has 2 unspecified atom stereocenters. The third kappa shape index (κ3) is 57.5. The maximum atomic E-state index is 12.9. The molecule has 428 valence electrons. The second-order valence-corrected chi connectivity index (χ2v) is 20.9. The molecule has 0 bridgehead atoms. The van der Waals surface area contributed by atoms with Gasteiger partial charge in [0.05, 0.1) is 40.3 Å². The zero-order chi connectivity index (χ0) is 54.8. The number of unbranched alkanes of at least 4 members (excludes halogenated alkanes) is 21. The van der Waals surface area contributed by atoms with Crippen LogP contribution in [-0.4, -0.2) is 82.3 Å². The van der Waals surface area contributed by atoms with Crippen LogP contribution in [-0.2, 0) is 33.3 Å². The summed E-state index contributed by atoms with van der Waals surface area (Å²) in [4.78, 5) is 37.3. The number of carbonyl (C=O) groups is 3. The number of hydrogen-bond donors (Lipinski definition) is 0. The molecule has 75 heavy (non-hydrogen) atoms. The van der Waals surface area contributed by atoms with E-state index in [9.17, 15) is 19.5 Å². The van der Waals surface area contributed by atoms with Crippen molar-refractivity contribution < 1.29 is 42.9 Å². The first-order chi connectivity index (χ1) is 36.6. The van der Waals surface area contributed by atoms with E-state index in [1.165, 1.54) is 89.9 Å². The molecule has 0 aromatic carbocycles. The van der Waals surface area contributed by atoms with Gasteiger partial charge in [0.15, 0.2) is 12.4 Å². The van der Waals surface area contributed by atoms with Crippen LogP contribution >= 0.6 is 0 Å². The van der Waals surface area contributed by atoms with Crippen molar-refractivity contribution in [3.8, 4) is 0 Å². The number of nitrogens with zero attached hydrogens (tertiary/aromatic N) is 1. The van der Waals surface area contributed by atoms with E-state index in [1.54, 1.807) is 0 Å². The van der Waals surface area contributed by atoms with Crippen LogP contribution in [0.25, 0.3) is 0 Å². The Morgan fingerprint density at radius 3 is 1.07 bits per heavy atom. The smallest absolute Gasteiger partial charge is 0.306 e. The highest BCUT2D eigenvalue weighted by molar-refractivity contribution is 5.70. The minimum atomic E-state index is -1.63. The molecule has 0 aliphatic heterocycles. The van der Waals surface area contributed by atoms with Crippen LogP contribution in [0.1, 0.15) is 232 Å². The Hall–Kier alpha value is -4.05. The van der Waals surface area contributed by atoms with Gasteiger partial charge in [-0.3, -0.25) is 9.59 Å². The summed E-state index contributed by atoms with van der Waals surface area (Å²) >= 11 is 0. The van der Waals surface area contributed by atoms with Crippen LogP contribution in [0.2, 0.25) is 0 Å². The molecule has 0 radical (unpaired) electrons. The van der Waals surface area contributed by atoms with Gasteiger partial charge in [-0.2, -0.15) is 0 Å². The minimum absolute atomic E-state index is 0.139. The van der Waals surface area contributed by atoms with Crippen LogP contribution in [0.5, 0.6) is 0 Å². The van der Waals surface area contributed by atoms with Crippen LogP contribution in [0, 0.1) is 0 Å². The molecule has 0 aromatic rings. The van der Waals surface area contributed by atoms with E-state index < -0.39 is 24.3 Å². The van der Waals surface area contributed by atoms with Gasteiger partial charge in [-0.05, 0) is 96.3 Å². The zero-order valence-corrected chi connectivity index (χ0v) is 48.6. The number of carboxylic acid groups (broad SMARTS) is 1. The van der Waals surface area contributed by atoms with Crippen LogP contribution in [0.3, 0.4) is 0 Å². The first-order valence-electron chi connectivity index (χ1n) is 30.0. The maximum absolute atomic E-state index is 12.9. The van der Waals surface area contributed by atoms with Crippen molar-refractivity contribution in [3.63, 3.8) is 0 Å². The largest absolute Gasteiger partial charge is 0.545 e. The van der Waals surface area contributed by atoms with Crippen molar-refractivity contribution in [1.29, 1.82) is 0 Å². The quantitative estimate of drug-likeness (QED) is 0.0195. The molecule has 0 rings (SSSR count). The molecular weight excluding hydrogens is 935 g/mol. The fraction of sp³-hybridized carbons (Fsp3) is 0.682. The Kier molecular flexibility index (Phi) is 53.1. The van der Waals surface area contributed by atoms with Gasteiger partial charge in [0.25, 0.3) is 0 Å². The Bertz CT molecular complexity index is 1590. The number of quaternary nitrogens is 1. The zero-order valence-electron chi connectivity index (χ0n) is 48.6. The Morgan fingerprint density at radius 1 is 0.400 bits per heavy atom. The molecule has 0 fully saturated rings. The summed E-state index contributed by atoms with van der Waals surface area (Å²) in [6.07, 6.45) is 74.3. The molecule has 0 saturated heterocycles. The third-order valence-electron chi connectivity index (χ3n) is 12.5. The van der Waals surface area contributed by atoms with Gasteiger partial charge < -0.3 is 33.3 Å². The highest BCUT2D eigenvalue weighted by Crippen LogP contribution is 2.16. The normalized spacial score (nSPS) is 13.6. The topological polar surface area (TPSA) is 111 Å². The monoisotopic (exact) mass is 1050 g/mol. The molecule has 9 heteroatoms. The van der Waals surface area contributed by atoms with Crippen LogP contribution in [0.4, 0.5) is 0 Å². The molecule has 9 nitrogen and oxygen atoms in total. The average Bonchev–Trinajstić information content (AvgIpc) is 3.38. The van der Waals surface area contributed by atoms with E-state index in [0.717, 1.165) is 109 Å². The fourth-order valence-corrected chi connectivity index (χ4v) is 7.97. The first kappa shape index (κ1) is 71.0. The van der Waals surface area contributed by atoms with E-state index in [-0.39, 0.29) is 38.6 Å². The van der Waals surface area contributed by atoms with Crippen molar-refractivity contribution in [3.05, 3.63) is 109 Å². The van der Waals surface area contributed by atoms with Crippen molar-refractivity contribution in [2.45, 2.75) is 245 Å². The summed E-state index contributed by atoms with van der Waals surface area (Å²) in [7, 11) is 5.91. The SMILES string of the molecule is CC/C=C\C/C=C\C/C=C\C/C=C\C/C=C\CCCCCCCC(=O)OC(COC(=O)CCCCCCCCCCCCCCCCCC/C=C\C/C=C\C/C=C\C/C=C\CC)COC(OCC[N+](C)(C)C)C(=O)[O-]. The molecule has 0 aliphatic rings. The second-order valence-electron chi connectivity index (χ2n) is 20.9. The summed E-state index contributed by atoms with van der Waals surface area (Å²) in [6.45, 7) is 4.50. The summed E-state index contributed by atoms with van der Waals surface area (Å²) < 4.78 is 22.7. The number of allylic oxidation sites excluding steroid dienone is 18. The lowest BCUT2D eigenvalue weighted by Gasteiger charge is -2.26. The van der Waals surface area contributed by atoms with Gasteiger partial charge in [0.1, 0.15) is 13.2 Å². The predicted molar refractivity (Wildman–Crippen MR) is 315 cm³/mol. The predicted octanol–water partition coefficient (Wildman–Crippen LogP) is 16.6. The van der Waals surface area contributed by atoms with Crippen molar-refractivity contribution in [2.75, 3.05) is 47.5 Å². The Balaban J connectivity index is 4.23. The van der Waals surface area contributed by atoms with E-state index in [0.29, 0.717) is 17.4 Å². The first-order valence-corrected chi connectivity index (χ1v) is 30.0. The molecule has 0 heterocycles. The van der Waals surface area contributed by atoms with Gasteiger partial charge in [0, 0.05) is 12.8 Å². The maximum Gasteiger partial charge on any atom is 0.306 e. The van der Waals surface area contributed by atoms with E-state index in [2.05, 4.69) is 123 Å². The van der Waals surface area contributed by atoms with Crippen LogP contribution in [0.15, 0.2) is 109 Å². The van der Waals surface area contributed by atoms with Gasteiger partial charge >= 0.3 is 11.9 Å². The number of aliphatic carboxylic acids is 1. The van der Waals surface area contributed by atoms with Gasteiger partial charge in [-0.1, -0.05) is 232 Å². The minimum Gasteiger partial charge on any atom is -0.545 e. The number of ether oxygens (including phenoxy) is 4. The summed E-state index contributed by atoms with van der Waals surface area (Å²) in [5.74, 6) is -2.31. The Morgan fingerprint density at radius 2 is 0.720 bits per heavy atom. The molecule has 0 amide bonds. The molecular formula is C66H111NO8. The fourth-order valence-electron chi connectivity index (χ4n) is 7.97. The highest BCUT2D eigenvalue weighted by atomic mass is 16.7. The molecule has 2 atom stereocenters. The summed E-state index contributed by atoms with van der Waals surface area (Å²) in [5, 5.41) is 11.8. The molecule has 0 spiro atoms. The lowest BCUT2D eigenvalue weighted by atomic mass is 10.0. The van der Waals surface area contributed by atoms with Gasteiger partial charge in [-0.25, -0.2) is 0 Å². The van der Waals surface area contributed by atoms with Crippen LogP contribution < -0.4 is 5.11 Å². The number of likely N-dealkylation sites (N-methyl/N-ethyl adjacent to an activating group) is 1. The number of rotatable bonds is 54. The standard InChI is InChI=1S/C66H111NO8/c1-6-8-10-12-14-16-18-20-22-24-26-28-29-30-31-32-33-34-35-37-38-40-42-44-46-48-50-52-54-56-63(68)73-60-62(61-74-66(65(70)71)72-59-58-67(3,4)5)75-64(69)57-55-53-51-49-47-45-43-41-39-36-27-25-23-21-19-17-15-13-11-9-7-2/h8-11,14-17,20-23,26-28,36,41,43,62,66H,6-7,12-13,18-19,24-25,29-35,37-40,42,44-61H2,1-5H3/b10-8-,11-9-,16-14-,17-15-,22-20-,23-21-,28-26-,36-27-,43-41-. The average molecular weight is 1050 g/mol. The van der Waals surface area contributed by atoms with Crippen molar-refractivity contribution in [1.82, 2.24) is 0 Å². The van der Waals surface area contributed by atoms with Crippen molar-refractivity contribution in [2.24, 2.45) is 0 Å². The summed E-state index contributed by atoms with van der Waals surface area (Å²) in [6, 6.07) is 0. The second kappa shape index (κ2) is 56.2.